The molecule has 62 valence electrons. The van der Waals surface area contributed by atoms with Crippen molar-refractivity contribution in [3.05, 3.63) is 40.9 Å². The van der Waals surface area contributed by atoms with E-state index in [1.165, 1.54) is 13.0 Å². The first-order valence-corrected chi connectivity index (χ1v) is 4.01. The molecule has 1 aromatic carbocycles. The average Bonchev–Trinajstić information content (AvgIpc) is 2.03. The fourth-order valence-corrected chi connectivity index (χ4v) is 1.02. The number of benzene rings is 1. The molecule has 0 aliphatic heterocycles. The standard InChI is InChI=1S/C10H9ClO/c1-8(12)6-7-9-4-2-3-5-10(9)11/h2-7H,1H3/b7-6+. The van der Waals surface area contributed by atoms with Gasteiger partial charge in [0.2, 0.25) is 0 Å². The number of carbonyl (C=O) groups is 1. The summed E-state index contributed by atoms with van der Waals surface area (Å²) in [5.74, 6) is 0.0231. The maximum atomic E-state index is 10.6. The molecule has 0 aromatic heterocycles. The van der Waals surface area contributed by atoms with Crippen molar-refractivity contribution < 1.29 is 4.79 Å². The van der Waals surface area contributed by atoms with E-state index in [4.69, 9.17) is 11.6 Å². The van der Waals surface area contributed by atoms with Crippen molar-refractivity contribution in [3.8, 4) is 0 Å². The first-order valence-electron chi connectivity index (χ1n) is 3.63. The van der Waals surface area contributed by atoms with E-state index in [1.54, 1.807) is 12.1 Å². The summed E-state index contributed by atoms with van der Waals surface area (Å²) in [6.45, 7) is 1.51. The lowest BCUT2D eigenvalue weighted by Crippen LogP contribution is -1.80. The second-order valence-electron chi connectivity index (χ2n) is 2.47. The zero-order valence-electron chi connectivity index (χ0n) is 6.75. The summed E-state index contributed by atoms with van der Waals surface area (Å²) < 4.78 is 0. The minimum atomic E-state index is 0.0231. The molecule has 0 spiro atoms. The molecule has 12 heavy (non-hydrogen) atoms. The molecule has 0 aliphatic rings. The first kappa shape index (κ1) is 9.01. The fraction of sp³-hybridized carbons (Fsp3) is 0.100. The van der Waals surface area contributed by atoms with Crippen molar-refractivity contribution in [2.24, 2.45) is 0 Å². The van der Waals surface area contributed by atoms with Gasteiger partial charge in [-0.05, 0) is 30.7 Å². The number of halogens is 1. The molecule has 0 saturated heterocycles. The summed E-state index contributed by atoms with van der Waals surface area (Å²) in [5, 5.41) is 0.662. The summed E-state index contributed by atoms with van der Waals surface area (Å²) in [5.41, 5.74) is 0.870. The van der Waals surface area contributed by atoms with Crippen LogP contribution in [0.5, 0.6) is 0 Å². The lowest BCUT2D eigenvalue weighted by atomic mass is 10.2. The molecular formula is C10H9ClO. The Labute approximate surface area is 76.7 Å². The van der Waals surface area contributed by atoms with E-state index in [0.29, 0.717) is 5.02 Å². The quantitative estimate of drug-likeness (QED) is 0.640. The molecule has 2 heteroatoms. The number of hydrogen-bond donors (Lipinski definition) is 0. The maximum absolute atomic E-state index is 10.6. The van der Waals surface area contributed by atoms with Gasteiger partial charge in [-0.3, -0.25) is 4.79 Å². The van der Waals surface area contributed by atoms with Crippen LogP contribution in [0.3, 0.4) is 0 Å². The van der Waals surface area contributed by atoms with Gasteiger partial charge in [-0.25, -0.2) is 0 Å². The number of ketones is 1. The van der Waals surface area contributed by atoms with E-state index in [9.17, 15) is 4.79 Å². The highest BCUT2D eigenvalue weighted by Crippen LogP contribution is 2.15. The van der Waals surface area contributed by atoms with Crippen LogP contribution in [-0.4, -0.2) is 5.78 Å². The summed E-state index contributed by atoms with van der Waals surface area (Å²) in [7, 11) is 0. The Morgan fingerprint density at radius 3 is 2.67 bits per heavy atom. The lowest BCUT2D eigenvalue weighted by Gasteiger charge is -1.94. The van der Waals surface area contributed by atoms with E-state index in [1.807, 2.05) is 18.2 Å². The highest BCUT2D eigenvalue weighted by molar-refractivity contribution is 6.32. The highest BCUT2D eigenvalue weighted by Gasteiger charge is 1.92. The van der Waals surface area contributed by atoms with Gasteiger partial charge in [0.25, 0.3) is 0 Å². The summed E-state index contributed by atoms with van der Waals surface area (Å²) in [6, 6.07) is 7.39. The SMILES string of the molecule is CC(=O)/C=C/c1ccccc1Cl. The van der Waals surface area contributed by atoms with Crippen molar-refractivity contribution >= 4 is 23.5 Å². The topological polar surface area (TPSA) is 17.1 Å². The molecule has 0 heterocycles. The predicted molar refractivity (Wildman–Crippen MR) is 51.2 cm³/mol. The van der Waals surface area contributed by atoms with Crippen LogP contribution in [0, 0.1) is 0 Å². The molecule has 0 fully saturated rings. The molecule has 0 amide bonds. The third-order valence-electron chi connectivity index (χ3n) is 1.40. The van der Waals surface area contributed by atoms with E-state index in [-0.39, 0.29) is 5.78 Å². The molecule has 0 unspecified atom stereocenters. The molecule has 1 rings (SSSR count). The molecule has 0 N–H and O–H groups in total. The number of allylic oxidation sites excluding steroid dienone is 1. The van der Waals surface area contributed by atoms with Crippen LogP contribution < -0.4 is 0 Å². The molecule has 0 radical (unpaired) electrons. The van der Waals surface area contributed by atoms with Crippen molar-refractivity contribution in [1.82, 2.24) is 0 Å². The van der Waals surface area contributed by atoms with E-state index < -0.39 is 0 Å². The van der Waals surface area contributed by atoms with E-state index >= 15 is 0 Å². The minimum Gasteiger partial charge on any atom is -0.295 e. The molecule has 1 nitrogen and oxygen atoms in total. The van der Waals surface area contributed by atoms with Gasteiger partial charge in [-0.15, -0.1) is 0 Å². The van der Waals surface area contributed by atoms with Gasteiger partial charge >= 0.3 is 0 Å². The monoisotopic (exact) mass is 180 g/mol. The Morgan fingerprint density at radius 2 is 2.08 bits per heavy atom. The Bertz CT molecular complexity index is 315. The zero-order chi connectivity index (χ0) is 8.97. The Kier molecular flexibility index (Phi) is 3.06. The Hall–Kier alpha value is -1.08. The van der Waals surface area contributed by atoms with Gasteiger partial charge in [0.15, 0.2) is 5.78 Å². The molecule has 0 aliphatic carbocycles. The van der Waals surface area contributed by atoms with Crippen molar-refractivity contribution in [2.45, 2.75) is 6.92 Å². The van der Waals surface area contributed by atoms with E-state index in [2.05, 4.69) is 0 Å². The highest BCUT2D eigenvalue weighted by atomic mass is 35.5. The normalized spacial score (nSPS) is 10.5. The average molecular weight is 181 g/mol. The molecule has 1 aromatic rings. The smallest absolute Gasteiger partial charge is 0.152 e. The van der Waals surface area contributed by atoms with Crippen molar-refractivity contribution in [3.63, 3.8) is 0 Å². The van der Waals surface area contributed by atoms with Crippen molar-refractivity contribution in [2.75, 3.05) is 0 Å². The maximum Gasteiger partial charge on any atom is 0.152 e. The van der Waals surface area contributed by atoms with Crippen LogP contribution in [0.15, 0.2) is 30.3 Å². The minimum absolute atomic E-state index is 0.0231. The number of hydrogen-bond acceptors (Lipinski definition) is 1. The van der Waals surface area contributed by atoms with Crippen LogP contribution in [0.1, 0.15) is 12.5 Å². The zero-order valence-corrected chi connectivity index (χ0v) is 7.51. The van der Waals surface area contributed by atoms with Gasteiger partial charge in [0.1, 0.15) is 0 Å². The van der Waals surface area contributed by atoms with Crippen LogP contribution in [0.2, 0.25) is 5.02 Å². The summed E-state index contributed by atoms with van der Waals surface area (Å²) in [6.07, 6.45) is 3.21. The third-order valence-corrected chi connectivity index (χ3v) is 1.75. The van der Waals surface area contributed by atoms with E-state index in [0.717, 1.165) is 5.56 Å². The summed E-state index contributed by atoms with van der Waals surface area (Å²) >= 11 is 5.85. The van der Waals surface area contributed by atoms with Gasteiger partial charge in [0.05, 0.1) is 0 Å². The van der Waals surface area contributed by atoms with Gasteiger partial charge < -0.3 is 0 Å². The lowest BCUT2D eigenvalue weighted by molar-refractivity contribution is -0.112. The predicted octanol–water partition coefficient (Wildman–Crippen LogP) is 2.94. The van der Waals surface area contributed by atoms with Crippen LogP contribution >= 0.6 is 11.6 Å². The molecule has 0 saturated carbocycles. The van der Waals surface area contributed by atoms with Gasteiger partial charge in [-0.2, -0.15) is 0 Å². The van der Waals surface area contributed by atoms with Gasteiger partial charge in [0, 0.05) is 5.02 Å². The second kappa shape index (κ2) is 4.07. The van der Waals surface area contributed by atoms with Crippen LogP contribution in [-0.2, 0) is 4.79 Å². The molecular weight excluding hydrogens is 172 g/mol. The molecule has 0 bridgehead atoms. The van der Waals surface area contributed by atoms with Gasteiger partial charge in [-0.1, -0.05) is 29.8 Å². The van der Waals surface area contributed by atoms with Crippen LogP contribution in [0.25, 0.3) is 6.08 Å². The number of carbonyl (C=O) groups excluding carboxylic acids is 1. The summed E-state index contributed by atoms with van der Waals surface area (Å²) in [4.78, 5) is 10.6. The fourth-order valence-electron chi connectivity index (χ4n) is 0.817. The number of rotatable bonds is 2. The molecule has 0 atom stereocenters. The second-order valence-corrected chi connectivity index (χ2v) is 2.87. The third kappa shape index (κ3) is 2.51. The Morgan fingerprint density at radius 1 is 1.42 bits per heavy atom. The largest absolute Gasteiger partial charge is 0.295 e. The first-order chi connectivity index (χ1) is 5.70. The van der Waals surface area contributed by atoms with Crippen molar-refractivity contribution in [1.29, 1.82) is 0 Å². The Balaban J connectivity index is 2.89. The van der Waals surface area contributed by atoms with Crippen LogP contribution in [0.4, 0.5) is 0 Å².